The average molecular weight is 252 g/mol. The van der Waals surface area contributed by atoms with Crippen molar-refractivity contribution in [2.45, 2.75) is 31.9 Å². The van der Waals surface area contributed by atoms with Gasteiger partial charge in [0.2, 0.25) is 5.91 Å². The van der Waals surface area contributed by atoms with Crippen LogP contribution in [-0.2, 0) is 4.79 Å². The van der Waals surface area contributed by atoms with Gasteiger partial charge in [-0.15, -0.1) is 0 Å². The van der Waals surface area contributed by atoms with Gasteiger partial charge in [-0.1, -0.05) is 0 Å². The van der Waals surface area contributed by atoms with E-state index in [1.807, 2.05) is 6.92 Å². The molecule has 1 aromatic carbocycles. The highest BCUT2D eigenvalue weighted by Gasteiger charge is 2.28. The van der Waals surface area contributed by atoms with Crippen LogP contribution in [-0.4, -0.2) is 24.7 Å². The van der Waals surface area contributed by atoms with E-state index in [-0.39, 0.29) is 6.10 Å². The third kappa shape index (κ3) is 3.92. The molecule has 1 amide bonds. The van der Waals surface area contributed by atoms with Gasteiger partial charge in [0, 0.05) is 6.42 Å². The third-order valence-electron chi connectivity index (χ3n) is 2.67. The van der Waals surface area contributed by atoms with E-state index in [2.05, 4.69) is 0 Å². The van der Waals surface area contributed by atoms with Gasteiger partial charge in [0.25, 0.3) is 0 Å². The van der Waals surface area contributed by atoms with Crippen molar-refractivity contribution in [3.63, 3.8) is 0 Å². The highest BCUT2D eigenvalue weighted by molar-refractivity contribution is 5.83. The van der Waals surface area contributed by atoms with E-state index >= 15 is 0 Å². The summed E-state index contributed by atoms with van der Waals surface area (Å²) in [7, 11) is 1.60. The van der Waals surface area contributed by atoms with Gasteiger partial charge in [0.05, 0.1) is 18.8 Å². The number of carbonyl (C=O) groups is 1. The van der Waals surface area contributed by atoms with E-state index in [1.54, 1.807) is 38.3 Å². The van der Waals surface area contributed by atoms with Crippen molar-refractivity contribution in [2.75, 3.05) is 7.11 Å². The molecule has 0 heterocycles. The van der Waals surface area contributed by atoms with Crippen LogP contribution in [0.15, 0.2) is 24.3 Å². The standard InChI is InChI=1S/C13H20N2O3/c1-9(8-13(2,15)12(14)16)18-11-6-4-10(17-3)5-7-11/h4-7,9H,8,15H2,1-3H3,(H2,14,16). The summed E-state index contributed by atoms with van der Waals surface area (Å²) < 4.78 is 10.7. The van der Waals surface area contributed by atoms with E-state index in [0.717, 1.165) is 5.75 Å². The van der Waals surface area contributed by atoms with Crippen LogP contribution in [0.2, 0.25) is 0 Å². The Morgan fingerprint density at radius 3 is 2.28 bits per heavy atom. The monoisotopic (exact) mass is 252 g/mol. The fourth-order valence-corrected chi connectivity index (χ4v) is 1.63. The van der Waals surface area contributed by atoms with E-state index in [0.29, 0.717) is 12.2 Å². The van der Waals surface area contributed by atoms with E-state index in [9.17, 15) is 4.79 Å². The van der Waals surface area contributed by atoms with Crippen LogP contribution < -0.4 is 20.9 Å². The van der Waals surface area contributed by atoms with Crippen molar-refractivity contribution in [2.24, 2.45) is 11.5 Å². The maximum absolute atomic E-state index is 11.1. The number of carbonyl (C=O) groups excluding carboxylic acids is 1. The largest absolute Gasteiger partial charge is 0.497 e. The molecule has 5 nitrogen and oxygen atoms in total. The summed E-state index contributed by atoms with van der Waals surface area (Å²) in [5, 5.41) is 0. The van der Waals surface area contributed by atoms with Gasteiger partial charge in [0.1, 0.15) is 11.5 Å². The molecule has 0 bridgehead atoms. The molecule has 100 valence electrons. The molecule has 4 N–H and O–H groups in total. The van der Waals surface area contributed by atoms with Crippen LogP contribution in [0.1, 0.15) is 20.3 Å². The van der Waals surface area contributed by atoms with Gasteiger partial charge in [0.15, 0.2) is 0 Å². The topological polar surface area (TPSA) is 87.6 Å². The van der Waals surface area contributed by atoms with Gasteiger partial charge >= 0.3 is 0 Å². The van der Waals surface area contributed by atoms with Crippen molar-refractivity contribution in [1.82, 2.24) is 0 Å². The zero-order valence-corrected chi connectivity index (χ0v) is 11.0. The van der Waals surface area contributed by atoms with Crippen molar-refractivity contribution < 1.29 is 14.3 Å². The second-order valence-electron chi connectivity index (χ2n) is 4.59. The Hall–Kier alpha value is -1.75. The first-order valence-electron chi connectivity index (χ1n) is 5.74. The van der Waals surface area contributed by atoms with E-state index in [4.69, 9.17) is 20.9 Å². The summed E-state index contributed by atoms with van der Waals surface area (Å²) >= 11 is 0. The number of primary amides is 1. The molecule has 0 aliphatic rings. The minimum Gasteiger partial charge on any atom is -0.497 e. The molecule has 5 heteroatoms. The Morgan fingerprint density at radius 2 is 1.83 bits per heavy atom. The molecular weight excluding hydrogens is 232 g/mol. The van der Waals surface area contributed by atoms with Crippen molar-refractivity contribution in [1.29, 1.82) is 0 Å². The van der Waals surface area contributed by atoms with Crippen LogP contribution in [0.25, 0.3) is 0 Å². The molecule has 1 aromatic rings. The number of rotatable bonds is 6. The SMILES string of the molecule is COc1ccc(OC(C)CC(C)(N)C(N)=O)cc1. The molecule has 0 aromatic heterocycles. The zero-order chi connectivity index (χ0) is 13.8. The molecule has 0 spiro atoms. The molecule has 18 heavy (non-hydrogen) atoms. The second kappa shape index (κ2) is 5.73. The minimum atomic E-state index is -1.06. The normalized spacial score (nSPS) is 15.6. The van der Waals surface area contributed by atoms with Gasteiger partial charge < -0.3 is 20.9 Å². The fourth-order valence-electron chi connectivity index (χ4n) is 1.63. The van der Waals surface area contributed by atoms with Crippen molar-refractivity contribution >= 4 is 5.91 Å². The van der Waals surface area contributed by atoms with Gasteiger partial charge in [-0.3, -0.25) is 4.79 Å². The van der Waals surface area contributed by atoms with Crippen molar-refractivity contribution in [3.05, 3.63) is 24.3 Å². The lowest BCUT2D eigenvalue weighted by molar-refractivity contribution is -0.123. The molecule has 2 unspecified atom stereocenters. The lowest BCUT2D eigenvalue weighted by Gasteiger charge is -2.25. The number of nitrogens with two attached hydrogens (primary N) is 2. The number of hydrogen-bond donors (Lipinski definition) is 2. The van der Waals surface area contributed by atoms with E-state index in [1.165, 1.54) is 0 Å². The Labute approximate surface area is 107 Å². The predicted octanol–water partition coefficient (Wildman–Crippen LogP) is 1.06. The predicted molar refractivity (Wildman–Crippen MR) is 69.5 cm³/mol. The van der Waals surface area contributed by atoms with Gasteiger partial charge in [-0.25, -0.2) is 0 Å². The Bertz CT molecular complexity index is 401. The molecule has 1 rings (SSSR count). The summed E-state index contributed by atoms with van der Waals surface area (Å²) in [5.41, 5.74) is 9.94. The highest BCUT2D eigenvalue weighted by Crippen LogP contribution is 2.20. The number of amides is 1. The highest BCUT2D eigenvalue weighted by atomic mass is 16.5. The van der Waals surface area contributed by atoms with Crippen LogP contribution in [0.3, 0.4) is 0 Å². The molecule has 0 fully saturated rings. The van der Waals surface area contributed by atoms with Crippen molar-refractivity contribution in [3.8, 4) is 11.5 Å². The average Bonchev–Trinajstić information content (AvgIpc) is 2.29. The smallest absolute Gasteiger partial charge is 0.237 e. The summed E-state index contributed by atoms with van der Waals surface area (Å²) in [5.74, 6) is 0.923. The zero-order valence-electron chi connectivity index (χ0n) is 11.0. The summed E-state index contributed by atoms with van der Waals surface area (Å²) in [4.78, 5) is 11.1. The number of ether oxygens (including phenoxy) is 2. The Kier molecular flexibility index (Phi) is 4.55. The molecule has 0 saturated carbocycles. The van der Waals surface area contributed by atoms with Crippen LogP contribution in [0.5, 0.6) is 11.5 Å². The fraction of sp³-hybridized carbons (Fsp3) is 0.462. The quantitative estimate of drug-likeness (QED) is 0.792. The summed E-state index contributed by atoms with van der Waals surface area (Å²) in [6, 6.07) is 7.20. The molecule has 0 radical (unpaired) electrons. The summed E-state index contributed by atoms with van der Waals surface area (Å²) in [6.45, 7) is 3.45. The Morgan fingerprint density at radius 1 is 1.33 bits per heavy atom. The van der Waals surface area contributed by atoms with Crippen LogP contribution >= 0.6 is 0 Å². The maximum Gasteiger partial charge on any atom is 0.237 e. The summed E-state index contributed by atoms with van der Waals surface area (Å²) in [6.07, 6.45) is 0.148. The van der Waals surface area contributed by atoms with Gasteiger partial charge in [-0.05, 0) is 38.1 Å². The maximum atomic E-state index is 11.1. The first-order valence-corrected chi connectivity index (χ1v) is 5.74. The lowest BCUT2D eigenvalue weighted by Crippen LogP contribution is -2.51. The molecule has 2 atom stereocenters. The number of methoxy groups -OCH3 is 1. The molecule has 0 saturated heterocycles. The minimum absolute atomic E-state index is 0.208. The van der Waals surface area contributed by atoms with Crippen LogP contribution in [0.4, 0.5) is 0 Å². The van der Waals surface area contributed by atoms with Gasteiger partial charge in [-0.2, -0.15) is 0 Å². The molecular formula is C13H20N2O3. The third-order valence-corrected chi connectivity index (χ3v) is 2.67. The first kappa shape index (κ1) is 14.3. The van der Waals surface area contributed by atoms with Crippen LogP contribution in [0, 0.1) is 0 Å². The molecule has 0 aliphatic carbocycles. The number of benzene rings is 1. The number of hydrogen-bond acceptors (Lipinski definition) is 4. The lowest BCUT2D eigenvalue weighted by atomic mass is 9.95. The first-order chi connectivity index (χ1) is 8.35. The second-order valence-corrected chi connectivity index (χ2v) is 4.59. The molecule has 0 aliphatic heterocycles. The van der Waals surface area contributed by atoms with E-state index < -0.39 is 11.4 Å². The Balaban J connectivity index is 2.58.